The van der Waals surface area contributed by atoms with Gasteiger partial charge in [0.15, 0.2) is 0 Å². The summed E-state index contributed by atoms with van der Waals surface area (Å²) in [5.41, 5.74) is 1.51. The monoisotopic (exact) mass is 361 g/mol. The van der Waals surface area contributed by atoms with Gasteiger partial charge < -0.3 is 9.80 Å². The first kappa shape index (κ1) is 16.7. The van der Waals surface area contributed by atoms with E-state index in [0.717, 1.165) is 29.5 Å². The molecule has 0 aliphatic carbocycles. The van der Waals surface area contributed by atoms with E-state index < -0.39 is 0 Å². The lowest BCUT2D eigenvalue weighted by atomic mass is 10.1. The van der Waals surface area contributed by atoms with Crippen molar-refractivity contribution in [2.75, 3.05) is 31.1 Å². The molecule has 124 valence electrons. The van der Waals surface area contributed by atoms with Crippen molar-refractivity contribution in [3.8, 4) is 6.07 Å². The van der Waals surface area contributed by atoms with E-state index in [4.69, 9.17) is 16.9 Å². The molecule has 8 heteroatoms. The average molecular weight is 362 g/mol. The molecule has 0 unspecified atom stereocenters. The van der Waals surface area contributed by atoms with E-state index in [0.29, 0.717) is 29.4 Å². The predicted molar refractivity (Wildman–Crippen MR) is 93.3 cm³/mol. The molecule has 24 heavy (non-hydrogen) atoms. The van der Waals surface area contributed by atoms with Crippen LogP contribution >= 0.6 is 22.9 Å². The number of amides is 1. The molecule has 2 aromatic rings. The normalized spacial score (nSPS) is 14.5. The number of piperazine rings is 1. The molecule has 0 saturated carbocycles. The molecule has 6 nitrogen and oxygen atoms in total. The van der Waals surface area contributed by atoms with Gasteiger partial charge in [-0.15, -0.1) is 11.3 Å². The second-order valence-electron chi connectivity index (χ2n) is 5.57. The first-order chi connectivity index (χ1) is 11.6. The molecule has 0 aromatic carbocycles. The van der Waals surface area contributed by atoms with Gasteiger partial charge in [0.2, 0.25) is 5.91 Å². The lowest BCUT2D eigenvalue weighted by molar-refractivity contribution is -0.130. The van der Waals surface area contributed by atoms with Crippen LogP contribution in [0.2, 0.25) is 4.34 Å². The standard InChI is InChI=1S/C16H16ClN5OS/c1-11-6-14(19-9-12(11)8-18)21-2-4-22(5-3-21)16(23)7-15-20-10-13(17)24-15/h6,9-10H,2-5,7H2,1H3. The molecule has 3 rings (SSSR count). The summed E-state index contributed by atoms with van der Waals surface area (Å²) in [5.74, 6) is 0.926. The molecule has 1 aliphatic rings. The third-order valence-corrected chi connectivity index (χ3v) is 5.12. The smallest absolute Gasteiger partial charge is 0.229 e. The Hall–Kier alpha value is -2.17. The fourth-order valence-electron chi connectivity index (χ4n) is 2.63. The highest BCUT2D eigenvalue weighted by Gasteiger charge is 2.23. The summed E-state index contributed by atoms with van der Waals surface area (Å²) in [6, 6.07) is 4.05. The molecule has 0 N–H and O–H groups in total. The Kier molecular flexibility index (Phi) is 4.97. The molecule has 1 amide bonds. The van der Waals surface area contributed by atoms with Crippen LogP contribution in [0.3, 0.4) is 0 Å². The van der Waals surface area contributed by atoms with Crippen LogP contribution in [0.15, 0.2) is 18.5 Å². The molecule has 1 fully saturated rings. The summed E-state index contributed by atoms with van der Waals surface area (Å²) in [5, 5.41) is 9.72. The zero-order chi connectivity index (χ0) is 17.1. The lowest BCUT2D eigenvalue weighted by Crippen LogP contribution is -2.49. The van der Waals surface area contributed by atoms with Crippen molar-refractivity contribution in [3.63, 3.8) is 0 Å². The molecule has 0 spiro atoms. The third kappa shape index (κ3) is 3.66. The van der Waals surface area contributed by atoms with E-state index in [-0.39, 0.29) is 5.91 Å². The van der Waals surface area contributed by atoms with Gasteiger partial charge in [-0.2, -0.15) is 5.26 Å². The number of carbonyl (C=O) groups excluding carboxylic acids is 1. The number of rotatable bonds is 3. The van der Waals surface area contributed by atoms with Gasteiger partial charge in [0, 0.05) is 32.4 Å². The van der Waals surface area contributed by atoms with E-state index in [1.807, 2.05) is 17.9 Å². The van der Waals surface area contributed by atoms with Gasteiger partial charge in [-0.1, -0.05) is 11.6 Å². The van der Waals surface area contributed by atoms with Crippen LogP contribution in [0.25, 0.3) is 0 Å². The Balaban J connectivity index is 1.58. The first-order valence-electron chi connectivity index (χ1n) is 7.56. The summed E-state index contributed by atoms with van der Waals surface area (Å²) in [7, 11) is 0. The largest absolute Gasteiger partial charge is 0.353 e. The number of halogens is 1. The minimum Gasteiger partial charge on any atom is -0.353 e. The second kappa shape index (κ2) is 7.16. The van der Waals surface area contributed by atoms with Gasteiger partial charge in [0.25, 0.3) is 0 Å². The van der Waals surface area contributed by atoms with Crippen LogP contribution in [0.1, 0.15) is 16.1 Å². The molecule has 1 aliphatic heterocycles. The van der Waals surface area contributed by atoms with Gasteiger partial charge in [-0.25, -0.2) is 9.97 Å². The number of nitrogens with zero attached hydrogens (tertiary/aromatic N) is 5. The molecular weight excluding hydrogens is 346 g/mol. The highest BCUT2D eigenvalue weighted by Crippen LogP contribution is 2.20. The van der Waals surface area contributed by atoms with Crippen molar-refractivity contribution in [2.24, 2.45) is 0 Å². The Morgan fingerprint density at radius 3 is 2.67 bits per heavy atom. The maximum atomic E-state index is 12.3. The van der Waals surface area contributed by atoms with Crippen molar-refractivity contribution in [3.05, 3.63) is 38.9 Å². The van der Waals surface area contributed by atoms with Gasteiger partial charge >= 0.3 is 0 Å². The number of anilines is 1. The highest BCUT2D eigenvalue weighted by atomic mass is 35.5. The Morgan fingerprint density at radius 2 is 2.08 bits per heavy atom. The van der Waals surface area contributed by atoms with Crippen LogP contribution in [0.4, 0.5) is 5.82 Å². The van der Waals surface area contributed by atoms with Crippen LogP contribution < -0.4 is 4.90 Å². The number of carbonyl (C=O) groups is 1. The summed E-state index contributed by atoms with van der Waals surface area (Å²) in [6.07, 6.45) is 3.48. The number of hydrogen-bond donors (Lipinski definition) is 0. The van der Waals surface area contributed by atoms with Crippen molar-refractivity contribution in [2.45, 2.75) is 13.3 Å². The van der Waals surface area contributed by atoms with Gasteiger partial charge in [-0.3, -0.25) is 4.79 Å². The van der Waals surface area contributed by atoms with Crippen molar-refractivity contribution >= 4 is 34.7 Å². The van der Waals surface area contributed by atoms with Crippen LogP contribution in [0.5, 0.6) is 0 Å². The zero-order valence-corrected chi connectivity index (χ0v) is 14.8. The molecule has 0 bridgehead atoms. The van der Waals surface area contributed by atoms with Crippen molar-refractivity contribution < 1.29 is 4.79 Å². The molecule has 3 heterocycles. The number of nitriles is 1. The minimum atomic E-state index is 0.0737. The molecule has 2 aromatic heterocycles. The van der Waals surface area contributed by atoms with Crippen LogP contribution in [0, 0.1) is 18.3 Å². The molecule has 0 atom stereocenters. The third-order valence-electron chi connectivity index (χ3n) is 4.00. The summed E-state index contributed by atoms with van der Waals surface area (Å²) < 4.78 is 0.602. The Morgan fingerprint density at radius 1 is 1.33 bits per heavy atom. The summed E-state index contributed by atoms with van der Waals surface area (Å²) >= 11 is 7.19. The minimum absolute atomic E-state index is 0.0737. The number of hydrogen-bond acceptors (Lipinski definition) is 6. The van der Waals surface area contributed by atoms with Crippen LogP contribution in [-0.4, -0.2) is 47.0 Å². The maximum absolute atomic E-state index is 12.3. The number of aromatic nitrogens is 2. The predicted octanol–water partition coefficient (Wildman–Crippen LogP) is 2.26. The van der Waals surface area contributed by atoms with E-state index in [9.17, 15) is 4.79 Å². The molecule has 0 radical (unpaired) electrons. The van der Waals surface area contributed by atoms with Gasteiger partial charge in [0.05, 0.1) is 18.2 Å². The zero-order valence-electron chi connectivity index (χ0n) is 13.2. The topological polar surface area (TPSA) is 73.1 Å². The summed E-state index contributed by atoms with van der Waals surface area (Å²) in [4.78, 5) is 24.8. The fraction of sp³-hybridized carbons (Fsp3) is 0.375. The SMILES string of the molecule is Cc1cc(N2CCN(C(=O)Cc3ncc(Cl)s3)CC2)ncc1C#N. The van der Waals surface area contributed by atoms with Gasteiger partial charge in [0.1, 0.15) is 21.2 Å². The molecule has 1 saturated heterocycles. The van der Waals surface area contributed by atoms with E-state index in [2.05, 4.69) is 20.9 Å². The highest BCUT2D eigenvalue weighted by molar-refractivity contribution is 7.15. The first-order valence-corrected chi connectivity index (χ1v) is 8.76. The fourth-order valence-corrected chi connectivity index (χ4v) is 3.57. The second-order valence-corrected chi connectivity index (χ2v) is 7.32. The number of thiazole rings is 1. The van der Waals surface area contributed by atoms with Crippen LogP contribution in [-0.2, 0) is 11.2 Å². The Labute approximate surface area is 149 Å². The average Bonchev–Trinajstić information content (AvgIpc) is 2.99. The number of aryl methyl sites for hydroxylation is 1. The summed E-state index contributed by atoms with van der Waals surface area (Å²) in [6.45, 7) is 4.66. The Bertz CT molecular complexity index is 792. The van der Waals surface area contributed by atoms with Gasteiger partial charge in [-0.05, 0) is 18.6 Å². The maximum Gasteiger partial charge on any atom is 0.229 e. The van der Waals surface area contributed by atoms with E-state index in [1.54, 1.807) is 12.4 Å². The quantitative estimate of drug-likeness (QED) is 0.838. The van der Waals surface area contributed by atoms with E-state index in [1.165, 1.54) is 11.3 Å². The van der Waals surface area contributed by atoms with Crippen molar-refractivity contribution in [1.82, 2.24) is 14.9 Å². The van der Waals surface area contributed by atoms with Crippen molar-refractivity contribution in [1.29, 1.82) is 5.26 Å². The molecular formula is C16H16ClN5OS. The van der Waals surface area contributed by atoms with E-state index >= 15 is 0 Å². The number of pyridine rings is 1. The lowest BCUT2D eigenvalue weighted by Gasteiger charge is -2.35.